The second-order valence-corrected chi connectivity index (χ2v) is 10.7. The van der Waals surface area contributed by atoms with Gasteiger partial charge in [-0.05, 0) is 69.4 Å². The largest absolute Gasteiger partial charge is 0.335 e. The molecule has 200 valence electrons. The summed E-state index contributed by atoms with van der Waals surface area (Å²) >= 11 is 12.6. The number of anilines is 1. The summed E-state index contributed by atoms with van der Waals surface area (Å²) in [6.07, 6.45) is 5.65. The van der Waals surface area contributed by atoms with Gasteiger partial charge in [-0.1, -0.05) is 35.3 Å². The van der Waals surface area contributed by atoms with Crippen LogP contribution in [0.5, 0.6) is 0 Å². The van der Waals surface area contributed by atoms with Crippen LogP contribution in [0.3, 0.4) is 0 Å². The van der Waals surface area contributed by atoms with Crippen LogP contribution in [0, 0.1) is 0 Å². The number of hydrogen-bond donors (Lipinski definition) is 1. The summed E-state index contributed by atoms with van der Waals surface area (Å²) in [7, 11) is 0. The Kier molecular flexibility index (Phi) is 9.68. The molecule has 0 saturated carbocycles. The lowest BCUT2D eigenvalue weighted by Crippen LogP contribution is -2.51. The third kappa shape index (κ3) is 6.75. The quantitative estimate of drug-likeness (QED) is 0.470. The summed E-state index contributed by atoms with van der Waals surface area (Å²) in [6.45, 7) is 8.15. The smallest absolute Gasteiger partial charge is 0.317 e. The fraction of sp³-hybridized carbons (Fsp3) is 0.536. The van der Waals surface area contributed by atoms with Crippen molar-refractivity contribution < 1.29 is 9.59 Å². The fourth-order valence-electron chi connectivity index (χ4n) is 5.61. The van der Waals surface area contributed by atoms with Crippen molar-refractivity contribution in [1.82, 2.24) is 20.1 Å². The van der Waals surface area contributed by atoms with Gasteiger partial charge in [0.1, 0.15) is 5.82 Å². The Morgan fingerprint density at radius 2 is 1.84 bits per heavy atom. The molecule has 2 fully saturated rings. The standard InChI is InChI=1S/C28H37Cl2N5O2/c1-3-34(4-2)28(37)32-21-12-16-33(17-13-21)18-14-25-22(20-8-10-23(29)24(30)19-20)9-11-27(36)35(25)26-7-5-6-15-31-26/h5-8,10,15,19,21-22,25H,3-4,9,11-14,16-18H2,1-2H3,(H,32,37)/t22-,25?/m0/s1. The molecule has 0 radical (unpaired) electrons. The highest BCUT2D eigenvalue weighted by molar-refractivity contribution is 6.42. The van der Waals surface area contributed by atoms with E-state index in [4.69, 9.17) is 23.2 Å². The number of hydrogen-bond acceptors (Lipinski definition) is 4. The Morgan fingerprint density at radius 1 is 1.08 bits per heavy atom. The molecule has 0 spiro atoms. The van der Waals surface area contributed by atoms with Crippen LogP contribution in [-0.4, -0.2) is 71.5 Å². The van der Waals surface area contributed by atoms with E-state index in [1.54, 1.807) is 6.20 Å². The van der Waals surface area contributed by atoms with Gasteiger partial charge in [0.15, 0.2) is 0 Å². The lowest BCUT2D eigenvalue weighted by atomic mass is 9.81. The van der Waals surface area contributed by atoms with Gasteiger partial charge >= 0.3 is 6.03 Å². The molecule has 2 aliphatic heterocycles. The fourth-order valence-corrected chi connectivity index (χ4v) is 5.91. The third-order valence-corrected chi connectivity index (χ3v) is 8.45. The van der Waals surface area contributed by atoms with Crippen LogP contribution in [0.2, 0.25) is 10.0 Å². The number of carbonyl (C=O) groups is 2. The second kappa shape index (κ2) is 12.9. The molecule has 1 N–H and O–H groups in total. The van der Waals surface area contributed by atoms with Crippen LogP contribution >= 0.6 is 23.2 Å². The lowest BCUT2D eigenvalue weighted by Gasteiger charge is -2.42. The summed E-state index contributed by atoms with van der Waals surface area (Å²) in [4.78, 5) is 36.3. The predicted octanol–water partition coefficient (Wildman–Crippen LogP) is 5.57. The second-order valence-electron chi connectivity index (χ2n) is 9.86. The zero-order chi connectivity index (χ0) is 26.4. The zero-order valence-corrected chi connectivity index (χ0v) is 23.2. The Balaban J connectivity index is 1.45. The Hall–Kier alpha value is -2.35. The van der Waals surface area contributed by atoms with E-state index in [1.807, 2.05) is 60.0 Å². The average Bonchev–Trinajstić information content (AvgIpc) is 2.91. The minimum absolute atomic E-state index is 0.0274. The van der Waals surface area contributed by atoms with Gasteiger partial charge in [0.05, 0.1) is 10.0 Å². The summed E-state index contributed by atoms with van der Waals surface area (Å²) in [5.74, 6) is 0.943. The van der Waals surface area contributed by atoms with Crippen molar-refractivity contribution in [2.24, 2.45) is 0 Å². The van der Waals surface area contributed by atoms with Gasteiger partial charge in [-0.15, -0.1) is 0 Å². The van der Waals surface area contributed by atoms with Crippen LogP contribution < -0.4 is 10.2 Å². The van der Waals surface area contributed by atoms with E-state index in [2.05, 4.69) is 15.2 Å². The number of likely N-dealkylation sites (tertiary alicyclic amines) is 1. The number of rotatable bonds is 8. The van der Waals surface area contributed by atoms with Gasteiger partial charge in [-0.2, -0.15) is 0 Å². The molecule has 9 heteroatoms. The van der Waals surface area contributed by atoms with Crippen molar-refractivity contribution in [3.63, 3.8) is 0 Å². The van der Waals surface area contributed by atoms with E-state index in [1.165, 1.54) is 0 Å². The van der Waals surface area contributed by atoms with Crippen molar-refractivity contribution >= 4 is 41.0 Å². The third-order valence-electron chi connectivity index (χ3n) is 7.71. The molecule has 1 aromatic heterocycles. The first-order valence-electron chi connectivity index (χ1n) is 13.4. The number of pyridine rings is 1. The summed E-state index contributed by atoms with van der Waals surface area (Å²) in [5.41, 5.74) is 1.10. The van der Waals surface area contributed by atoms with Crippen molar-refractivity contribution in [2.45, 2.75) is 64.0 Å². The molecule has 0 aliphatic carbocycles. The number of aromatic nitrogens is 1. The van der Waals surface area contributed by atoms with E-state index in [-0.39, 0.29) is 29.9 Å². The monoisotopic (exact) mass is 545 g/mol. The molecule has 3 amide bonds. The highest BCUT2D eigenvalue weighted by Crippen LogP contribution is 2.39. The molecule has 0 bridgehead atoms. The van der Waals surface area contributed by atoms with Crippen molar-refractivity contribution in [1.29, 1.82) is 0 Å². The molecule has 2 aromatic rings. The lowest BCUT2D eigenvalue weighted by molar-refractivity contribution is -0.120. The molecular formula is C28H37Cl2N5O2. The van der Waals surface area contributed by atoms with Crippen LogP contribution in [0.25, 0.3) is 0 Å². The van der Waals surface area contributed by atoms with Gasteiger partial charge < -0.3 is 15.1 Å². The molecule has 2 saturated heterocycles. The van der Waals surface area contributed by atoms with Crippen molar-refractivity contribution in [2.75, 3.05) is 37.6 Å². The normalized spacial score (nSPS) is 21.2. The number of urea groups is 1. The van der Waals surface area contributed by atoms with Gasteiger partial charge in [-0.3, -0.25) is 9.69 Å². The van der Waals surface area contributed by atoms with Gasteiger partial charge in [0.2, 0.25) is 5.91 Å². The van der Waals surface area contributed by atoms with E-state index in [9.17, 15) is 9.59 Å². The molecular weight excluding hydrogens is 509 g/mol. The molecule has 2 atom stereocenters. The molecule has 1 unspecified atom stereocenters. The molecule has 1 aromatic carbocycles. The van der Waals surface area contributed by atoms with Gasteiger partial charge in [-0.25, -0.2) is 9.78 Å². The number of halogens is 2. The molecule has 4 rings (SSSR count). The number of benzene rings is 1. The maximum absolute atomic E-state index is 13.2. The average molecular weight is 547 g/mol. The van der Waals surface area contributed by atoms with Crippen molar-refractivity contribution in [3.05, 3.63) is 58.2 Å². The zero-order valence-electron chi connectivity index (χ0n) is 21.7. The van der Waals surface area contributed by atoms with Crippen LogP contribution in [0.4, 0.5) is 10.6 Å². The predicted molar refractivity (Wildman–Crippen MR) is 149 cm³/mol. The van der Waals surface area contributed by atoms with Crippen molar-refractivity contribution in [3.8, 4) is 0 Å². The van der Waals surface area contributed by atoms with Crippen LogP contribution in [-0.2, 0) is 4.79 Å². The Morgan fingerprint density at radius 3 is 2.49 bits per heavy atom. The van der Waals surface area contributed by atoms with E-state index in [0.29, 0.717) is 35.4 Å². The summed E-state index contributed by atoms with van der Waals surface area (Å²) in [6, 6.07) is 11.7. The highest BCUT2D eigenvalue weighted by Gasteiger charge is 2.38. The minimum Gasteiger partial charge on any atom is -0.335 e. The van der Waals surface area contributed by atoms with E-state index < -0.39 is 0 Å². The molecule has 3 heterocycles. The van der Waals surface area contributed by atoms with E-state index >= 15 is 0 Å². The van der Waals surface area contributed by atoms with Crippen LogP contribution in [0.1, 0.15) is 57.4 Å². The molecule has 2 aliphatic rings. The summed E-state index contributed by atoms with van der Waals surface area (Å²) in [5, 5.41) is 4.26. The number of nitrogens with one attached hydrogen (secondary N) is 1. The molecule has 7 nitrogen and oxygen atoms in total. The first-order chi connectivity index (χ1) is 17.9. The maximum atomic E-state index is 13.2. The SMILES string of the molecule is CCN(CC)C(=O)NC1CCN(CCC2[C@H](c3ccc(Cl)c(Cl)c3)CCC(=O)N2c2ccccn2)CC1. The summed E-state index contributed by atoms with van der Waals surface area (Å²) < 4.78 is 0. The number of amides is 3. The minimum atomic E-state index is -0.0338. The number of nitrogens with zero attached hydrogens (tertiary/aromatic N) is 4. The molecule has 37 heavy (non-hydrogen) atoms. The maximum Gasteiger partial charge on any atom is 0.317 e. The first kappa shape index (κ1) is 27.7. The Labute approximate surface area is 230 Å². The highest BCUT2D eigenvalue weighted by atomic mass is 35.5. The topological polar surface area (TPSA) is 68.8 Å². The number of carbonyl (C=O) groups excluding carboxylic acids is 2. The number of piperidine rings is 2. The first-order valence-corrected chi connectivity index (χ1v) is 14.1. The van der Waals surface area contributed by atoms with Gasteiger partial charge in [0.25, 0.3) is 0 Å². The van der Waals surface area contributed by atoms with Gasteiger partial charge in [0, 0.05) is 63.3 Å². The van der Waals surface area contributed by atoms with Crippen LogP contribution in [0.15, 0.2) is 42.6 Å². The Bertz CT molecular complexity index is 1060. The van der Waals surface area contributed by atoms with E-state index in [0.717, 1.165) is 50.9 Å².